The molecule has 0 rings (SSSR count). The van der Waals surface area contributed by atoms with E-state index in [1.54, 1.807) is 0 Å². The number of rotatable bonds is 2. The first-order valence-corrected chi connectivity index (χ1v) is 2.72. The Balaban J connectivity index is -0.000000500. The van der Waals surface area contributed by atoms with Crippen molar-refractivity contribution < 1.29 is 23.9 Å². The van der Waals surface area contributed by atoms with Crippen LogP contribution in [0.25, 0.3) is 0 Å². The summed E-state index contributed by atoms with van der Waals surface area (Å²) in [6, 6.07) is 0. The Labute approximate surface area is 119 Å². The van der Waals surface area contributed by atoms with Crippen LogP contribution in [-0.4, -0.2) is 82.6 Å². The third-order valence-electron chi connectivity index (χ3n) is 0.760. The number of Topliss-reactive ketones (excluding diaryl/α,β-unsaturated/α-hetero) is 2. The number of esters is 2. The molecule has 7 heteroatoms. The van der Waals surface area contributed by atoms with Gasteiger partial charge in [0.15, 0.2) is 0 Å². The fourth-order valence-electron chi connectivity index (χ4n) is 0.228. The van der Waals surface area contributed by atoms with Crippen molar-refractivity contribution in [3.8, 4) is 0 Å². The van der Waals surface area contributed by atoms with Gasteiger partial charge in [-0.25, -0.2) is 9.59 Å². The second kappa shape index (κ2) is 9.05. The molecule has 0 amide bonds. The number of ketones is 2. The van der Waals surface area contributed by atoms with Crippen LogP contribution in [0, 0.1) is 0 Å². The third-order valence-corrected chi connectivity index (χ3v) is 0.760. The SMILES string of the molecule is CC(=O)C(=O)OC(=O)C(C)=O.[NaH].[NaH]. The van der Waals surface area contributed by atoms with E-state index in [0.717, 1.165) is 13.8 Å². The molecule has 0 fully saturated rings. The zero-order chi connectivity index (χ0) is 9.02. The van der Waals surface area contributed by atoms with Gasteiger partial charge in [0.25, 0.3) is 0 Å². The van der Waals surface area contributed by atoms with Crippen molar-refractivity contribution >= 4 is 82.6 Å². The molecular weight excluding hydrogens is 198 g/mol. The normalized spacial score (nSPS) is 7.23. The summed E-state index contributed by atoms with van der Waals surface area (Å²) in [5, 5.41) is 0. The molecule has 0 heterocycles. The molecule has 0 unspecified atom stereocenters. The molecule has 0 bridgehead atoms. The second-order valence-corrected chi connectivity index (χ2v) is 1.79. The summed E-state index contributed by atoms with van der Waals surface area (Å²) in [5.41, 5.74) is 0. The van der Waals surface area contributed by atoms with Gasteiger partial charge in [0.2, 0.25) is 11.6 Å². The van der Waals surface area contributed by atoms with E-state index in [2.05, 4.69) is 4.74 Å². The summed E-state index contributed by atoms with van der Waals surface area (Å²) in [7, 11) is 0. The molecule has 13 heavy (non-hydrogen) atoms. The predicted molar refractivity (Wildman–Crippen MR) is 46.8 cm³/mol. The van der Waals surface area contributed by atoms with E-state index in [0.29, 0.717) is 0 Å². The van der Waals surface area contributed by atoms with Crippen LogP contribution in [-0.2, 0) is 23.9 Å². The van der Waals surface area contributed by atoms with Gasteiger partial charge in [-0.3, -0.25) is 9.59 Å². The summed E-state index contributed by atoms with van der Waals surface area (Å²) >= 11 is 0. The van der Waals surface area contributed by atoms with Crippen molar-refractivity contribution in [2.45, 2.75) is 13.8 Å². The van der Waals surface area contributed by atoms with Gasteiger partial charge in [-0.05, 0) is 0 Å². The molecule has 0 radical (unpaired) electrons. The minimum absolute atomic E-state index is 0. The van der Waals surface area contributed by atoms with Gasteiger partial charge in [-0.1, -0.05) is 0 Å². The molecule has 0 saturated heterocycles. The number of carbonyl (C=O) groups is 4. The monoisotopic (exact) mass is 206 g/mol. The van der Waals surface area contributed by atoms with Crippen molar-refractivity contribution in [3.63, 3.8) is 0 Å². The van der Waals surface area contributed by atoms with E-state index in [1.165, 1.54) is 0 Å². The average Bonchev–Trinajstić information content (AvgIpc) is 1.87. The maximum atomic E-state index is 10.3. The summed E-state index contributed by atoms with van der Waals surface area (Å²) < 4.78 is 3.80. The fourth-order valence-corrected chi connectivity index (χ4v) is 0.228. The molecule has 0 aliphatic rings. The van der Waals surface area contributed by atoms with Crippen molar-refractivity contribution in [1.82, 2.24) is 0 Å². The van der Waals surface area contributed by atoms with Crippen LogP contribution in [0.2, 0.25) is 0 Å². The molecular formula is C6H8Na2O5. The number of carbonyl (C=O) groups excluding carboxylic acids is 4. The van der Waals surface area contributed by atoms with E-state index in [4.69, 9.17) is 0 Å². The van der Waals surface area contributed by atoms with Crippen LogP contribution in [0.1, 0.15) is 13.8 Å². The molecule has 0 aliphatic carbocycles. The molecule has 5 nitrogen and oxygen atoms in total. The topological polar surface area (TPSA) is 77.5 Å². The first kappa shape index (κ1) is 19.1. The summed E-state index contributed by atoms with van der Waals surface area (Å²) in [6.45, 7) is 1.88. The van der Waals surface area contributed by atoms with Crippen molar-refractivity contribution in [3.05, 3.63) is 0 Å². The van der Waals surface area contributed by atoms with Crippen LogP contribution < -0.4 is 0 Å². The van der Waals surface area contributed by atoms with Crippen LogP contribution >= 0.6 is 0 Å². The third kappa shape index (κ3) is 8.80. The average molecular weight is 206 g/mol. The summed E-state index contributed by atoms with van der Waals surface area (Å²) in [4.78, 5) is 41.0. The van der Waals surface area contributed by atoms with Gasteiger partial charge in [0.1, 0.15) is 0 Å². The summed E-state index contributed by atoms with van der Waals surface area (Å²) in [5.74, 6) is -4.46. The minimum atomic E-state index is -1.31. The van der Waals surface area contributed by atoms with E-state index < -0.39 is 23.5 Å². The Morgan fingerprint density at radius 2 is 1.00 bits per heavy atom. The Morgan fingerprint density at radius 3 is 1.15 bits per heavy atom. The second-order valence-electron chi connectivity index (χ2n) is 1.79. The van der Waals surface area contributed by atoms with E-state index in [1.807, 2.05) is 0 Å². The molecule has 0 atom stereocenters. The summed E-state index contributed by atoms with van der Waals surface area (Å²) in [6.07, 6.45) is 0. The molecule has 0 saturated carbocycles. The maximum absolute atomic E-state index is 10.3. The Morgan fingerprint density at radius 1 is 0.769 bits per heavy atom. The standard InChI is InChI=1S/C6H6O5.2Na.2H/c1-3(7)5(9)11-6(10)4(2)8;;;;/h1-2H3;;;;. The van der Waals surface area contributed by atoms with Crippen molar-refractivity contribution in [1.29, 1.82) is 0 Å². The quantitative estimate of drug-likeness (QED) is 0.224. The molecule has 0 aromatic rings. The van der Waals surface area contributed by atoms with Gasteiger partial charge < -0.3 is 4.74 Å². The van der Waals surface area contributed by atoms with Gasteiger partial charge in [-0.2, -0.15) is 0 Å². The zero-order valence-corrected chi connectivity index (χ0v) is 6.04. The van der Waals surface area contributed by atoms with Crippen molar-refractivity contribution in [2.24, 2.45) is 0 Å². The van der Waals surface area contributed by atoms with E-state index in [-0.39, 0.29) is 59.1 Å². The van der Waals surface area contributed by atoms with Crippen LogP contribution in [0.3, 0.4) is 0 Å². The molecule has 0 aromatic carbocycles. The molecule has 0 spiro atoms. The van der Waals surface area contributed by atoms with Gasteiger partial charge >= 0.3 is 71.1 Å². The van der Waals surface area contributed by atoms with E-state index >= 15 is 0 Å². The first-order chi connectivity index (χ1) is 4.95. The Hall–Kier alpha value is 0.480. The van der Waals surface area contributed by atoms with E-state index in [9.17, 15) is 19.2 Å². The predicted octanol–water partition coefficient (Wildman–Crippen LogP) is -2.06. The fraction of sp³-hybridized carbons (Fsp3) is 0.333. The van der Waals surface area contributed by atoms with Crippen LogP contribution in [0.4, 0.5) is 0 Å². The van der Waals surface area contributed by atoms with Crippen molar-refractivity contribution in [2.75, 3.05) is 0 Å². The number of hydrogen-bond donors (Lipinski definition) is 0. The number of hydrogen-bond acceptors (Lipinski definition) is 5. The molecule has 0 aromatic heterocycles. The van der Waals surface area contributed by atoms with Crippen LogP contribution in [0.5, 0.6) is 0 Å². The number of ether oxygens (including phenoxy) is 1. The molecule has 0 N–H and O–H groups in total. The van der Waals surface area contributed by atoms with Gasteiger partial charge in [0, 0.05) is 13.8 Å². The first-order valence-electron chi connectivity index (χ1n) is 2.72. The van der Waals surface area contributed by atoms with Gasteiger partial charge in [-0.15, -0.1) is 0 Å². The zero-order valence-electron chi connectivity index (χ0n) is 6.04. The van der Waals surface area contributed by atoms with Crippen LogP contribution in [0.15, 0.2) is 0 Å². The molecule has 0 aliphatic heterocycles. The van der Waals surface area contributed by atoms with Gasteiger partial charge in [0.05, 0.1) is 0 Å². The Bertz CT molecular complexity index is 211. The Kier molecular flexibility index (Phi) is 13.3. The molecule has 64 valence electrons.